The van der Waals surface area contributed by atoms with Crippen molar-refractivity contribution in [2.24, 2.45) is 0 Å². The molecule has 1 saturated heterocycles. The summed E-state index contributed by atoms with van der Waals surface area (Å²) in [5, 5.41) is 4.03. The van der Waals surface area contributed by atoms with Gasteiger partial charge in [0.05, 0.1) is 6.04 Å². The van der Waals surface area contributed by atoms with Gasteiger partial charge in [0.15, 0.2) is 0 Å². The molecule has 0 saturated carbocycles. The molecular weight excluding hydrogens is 390 g/mol. The number of piperazine rings is 1. The topological polar surface area (TPSA) is 62.5 Å². The first-order valence-electron chi connectivity index (χ1n) is 9.81. The lowest BCUT2D eigenvalue weighted by atomic mass is 10.1. The van der Waals surface area contributed by atoms with Gasteiger partial charge in [0, 0.05) is 37.3 Å². The molecule has 6 nitrogen and oxygen atoms in total. The van der Waals surface area contributed by atoms with Crippen LogP contribution in [0.5, 0.6) is 0 Å². The number of hydrogen-bond donors (Lipinski definition) is 0. The second kappa shape index (κ2) is 8.31. The van der Waals surface area contributed by atoms with Crippen LogP contribution in [0.1, 0.15) is 34.8 Å². The van der Waals surface area contributed by atoms with Crippen molar-refractivity contribution in [3.8, 4) is 11.4 Å². The molecular formula is C22H22F2N4O2. The SMILES string of the molecule is Cc1cc(-c2noc(C(C)N3CCN(C(=O)c4ccc(F)cc4)CC3)n2)ccc1F. The maximum absolute atomic E-state index is 13.5. The number of rotatable bonds is 4. The number of benzene rings is 2. The Morgan fingerprint density at radius 2 is 1.77 bits per heavy atom. The van der Waals surface area contributed by atoms with Crippen molar-refractivity contribution in [2.45, 2.75) is 19.9 Å². The lowest BCUT2D eigenvalue weighted by molar-refractivity contribution is 0.0551. The van der Waals surface area contributed by atoms with Gasteiger partial charge in [-0.3, -0.25) is 9.69 Å². The molecule has 0 N–H and O–H groups in total. The number of amides is 1. The van der Waals surface area contributed by atoms with Crippen molar-refractivity contribution >= 4 is 5.91 Å². The fraction of sp³-hybridized carbons (Fsp3) is 0.318. The zero-order valence-corrected chi connectivity index (χ0v) is 16.8. The van der Waals surface area contributed by atoms with Gasteiger partial charge >= 0.3 is 0 Å². The van der Waals surface area contributed by atoms with E-state index < -0.39 is 0 Å². The van der Waals surface area contributed by atoms with Crippen LogP contribution in [-0.4, -0.2) is 52.0 Å². The molecule has 1 fully saturated rings. The van der Waals surface area contributed by atoms with Crippen LogP contribution in [-0.2, 0) is 0 Å². The quantitative estimate of drug-likeness (QED) is 0.652. The van der Waals surface area contributed by atoms with E-state index in [9.17, 15) is 13.6 Å². The molecule has 1 aliphatic heterocycles. The Labute approximate surface area is 173 Å². The highest BCUT2D eigenvalue weighted by atomic mass is 19.1. The second-order valence-electron chi connectivity index (χ2n) is 7.43. The van der Waals surface area contributed by atoms with Gasteiger partial charge in [0.1, 0.15) is 11.6 Å². The number of aryl methyl sites for hydroxylation is 1. The molecule has 0 aliphatic carbocycles. The summed E-state index contributed by atoms with van der Waals surface area (Å²) >= 11 is 0. The highest BCUT2D eigenvalue weighted by molar-refractivity contribution is 5.94. The summed E-state index contributed by atoms with van der Waals surface area (Å²) < 4.78 is 32.0. The molecule has 8 heteroatoms. The van der Waals surface area contributed by atoms with E-state index in [0.29, 0.717) is 54.6 Å². The van der Waals surface area contributed by atoms with Crippen molar-refractivity contribution in [3.05, 3.63) is 71.1 Å². The lowest BCUT2D eigenvalue weighted by Gasteiger charge is -2.36. The fourth-order valence-corrected chi connectivity index (χ4v) is 3.55. The van der Waals surface area contributed by atoms with Crippen LogP contribution in [0.15, 0.2) is 47.0 Å². The molecule has 1 atom stereocenters. The molecule has 30 heavy (non-hydrogen) atoms. The van der Waals surface area contributed by atoms with Gasteiger partial charge < -0.3 is 9.42 Å². The first-order valence-corrected chi connectivity index (χ1v) is 9.81. The third-order valence-electron chi connectivity index (χ3n) is 5.46. The van der Waals surface area contributed by atoms with E-state index in [1.165, 1.54) is 30.3 Å². The fourth-order valence-electron chi connectivity index (χ4n) is 3.55. The van der Waals surface area contributed by atoms with E-state index in [1.54, 1.807) is 24.0 Å². The van der Waals surface area contributed by atoms with Crippen LogP contribution in [0, 0.1) is 18.6 Å². The summed E-state index contributed by atoms with van der Waals surface area (Å²) in [6, 6.07) is 10.2. The van der Waals surface area contributed by atoms with Crippen LogP contribution < -0.4 is 0 Å². The zero-order chi connectivity index (χ0) is 21.3. The normalized spacial score (nSPS) is 15.9. The molecule has 4 rings (SSSR count). The minimum absolute atomic E-state index is 0.103. The summed E-state index contributed by atoms with van der Waals surface area (Å²) in [6.07, 6.45) is 0. The molecule has 1 aromatic heterocycles. The highest BCUT2D eigenvalue weighted by Gasteiger charge is 2.28. The molecule has 0 spiro atoms. The summed E-state index contributed by atoms with van der Waals surface area (Å²) in [7, 11) is 0. The van der Waals surface area contributed by atoms with Crippen molar-refractivity contribution < 1.29 is 18.1 Å². The molecule has 3 aromatic rings. The number of nitrogens with zero attached hydrogens (tertiary/aromatic N) is 4. The third-order valence-corrected chi connectivity index (χ3v) is 5.46. The maximum Gasteiger partial charge on any atom is 0.253 e. The van der Waals surface area contributed by atoms with Crippen LogP contribution in [0.4, 0.5) is 8.78 Å². The summed E-state index contributed by atoms with van der Waals surface area (Å²) in [4.78, 5) is 21.0. The van der Waals surface area contributed by atoms with Crippen LogP contribution in [0.2, 0.25) is 0 Å². The van der Waals surface area contributed by atoms with Gasteiger partial charge in [-0.2, -0.15) is 4.98 Å². The molecule has 1 unspecified atom stereocenters. The highest BCUT2D eigenvalue weighted by Crippen LogP contribution is 2.25. The number of carbonyl (C=O) groups excluding carboxylic acids is 1. The van der Waals surface area contributed by atoms with Gasteiger partial charge in [0.25, 0.3) is 5.91 Å². The molecule has 0 radical (unpaired) electrons. The standard InChI is InChI=1S/C22H22F2N4O2/c1-14-13-17(5-8-19(14)24)20-25-21(30-26-20)15(2)27-9-11-28(12-10-27)22(29)16-3-6-18(23)7-4-16/h3-8,13,15H,9-12H2,1-2H3. The largest absolute Gasteiger partial charge is 0.337 e. The number of aromatic nitrogens is 2. The van der Waals surface area contributed by atoms with Gasteiger partial charge in [-0.1, -0.05) is 5.16 Å². The van der Waals surface area contributed by atoms with Crippen LogP contribution in [0.25, 0.3) is 11.4 Å². The Morgan fingerprint density at radius 3 is 2.43 bits per heavy atom. The van der Waals surface area contributed by atoms with E-state index >= 15 is 0 Å². The molecule has 0 bridgehead atoms. The Balaban J connectivity index is 1.39. The predicted molar refractivity (Wildman–Crippen MR) is 107 cm³/mol. The molecule has 1 amide bonds. The molecule has 156 valence electrons. The van der Waals surface area contributed by atoms with E-state index in [4.69, 9.17) is 4.52 Å². The van der Waals surface area contributed by atoms with Gasteiger partial charge in [-0.25, -0.2) is 8.78 Å². The average Bonchev–Trinajstić information content (AvgIpc) is 3.25. The number of hydrogen-bond acceptors (Lipinski definition) is 5. The van der Waals surface area contributed by atoms with E-state index in [2.05, 4.69) is 15.0 Å². The Bertz CT molecular complexity index is 1040. The van der Waals surface area contributed by atoms with Crippen LogP contribution >= 0.6 is 0 Å². The summed E-state index contributed by atoms with van der Waals surface area (Å²) in [6.45, 7) is 6.08. The Hall–Kier alpha value is -3.13. The van der Waals surface area contributed by atoms with E-state index in [-0.39, 0.29) is 23.6 Å². The molecule has 1 aliphatic rings. The average molecular weight is 412 g/mol. The first-order chi connectivity index (χ1) is 14.4. The Kier molecular flexibility index (Phi) is 5.59. The summed E-state index contributed by atoms with van der Waals surface area (Å²) in [5.74, 6) is 0.160. The van der Waals surface area contributed by atoms with Crippen molar-refractivity contribution in [2.75, 3.05) is 26.2 Å². The van der Waals surface area contributed by atoms with E-state index in [0.717, 1.165) is 0 Å². The van der Waals surface area contributed by atoms with Crippen molar-refractivity contribution in [1.82, 2.24) is 19.9 Å². The maximum atomic E-state index is 13.5. The molecule has 2 heterocycles. The number of carbonyl (C=O) groups is 1. The van der Waals surface area contributed by atoms with Gasteiger partial charge in [-0.15, -0.1) is 0 Å². The second-order valence-corrected chi connectivity index (χ2v) is 7.43. The lowest BCUT2D eigenvalue weighted by Crippen LogP contribution is -2.49. The van der Waals surface area contributed by atoms with Crippen molar-refractivity contribution in [3.63, 3.8) is 0 Å². The summed E-state index contributed by atoms with van der Waals surface area (Å²) in [5.41, 5.74) is 1.70. The third kappa shape index (κ3) is 4.09. The Morgan fingerprint density at radius 1 is 1.07 bits per heavy atom. The minimum atomic E-state index is -0.361. The smallest absolute Gasteiger partial charge is 0.253 e. The van der Waals surface area contributed by atoms with Crippen LogP contribution in [0.3, 0.4) is 0 Å². The van der Waals surface area contributed by atoms with Gasteiger partial charge in [-0.05, 0) is 61.9 Å². The van der Waals surface area contributed by atoms with Crippen molar-refractivity contribution in [1.29, 1.82) is 0 Å². The zero-order valence-electron chi connectivity index (χ0n) is 16.8. The predicted octanol–water partition coefficient (Wildman–Crippen LogP) is 3.84. The van der Waals surface area contributed by atoms with E-state index in [1.807, 2.05) is 6.92 Å². The first kappa shape index (κ1) is 20.2. The monoisotopic (exact) mass is 412 g/mol. The van der Waals surface area contributed by atoms with Gasteiger partial charge in [0.2, 0.25) is 11.7 Å². The number of halogens is 2. The minimum Gasteiger partial charge on any atom is -0.337 e. The molecule has 2 aromatic carbocycles.